The number of hydrogen-bond acceptors (Lipinski definition) is 5. The van der Waals surface area contributed by atoms with Crippen molar-refractivity contribution in [2.24, 2.45) is 0 Å². The molecule has 0 unspecified atom stereocenters. The first kappa shape index (κ1) is 11.2. The third-order valence-electron chi connectivity index (χ3n) is 1.73. The van der Waals surface area contributed by atoms with Gasteiger partial charge in [0.05, 0.1) is 10.6 Å². The molecular weight excluding hydrogens is 220 g/mol. The summed E-state index contributed by atoms with van der Waals surface area (Å²) >= 11 is 0. The van der Waals surface area contributed by atoms with Gasteiger partial charge in [0.15, 0.2) is 0 Å². The van der Waals surface area contributed by atoms with Crippen LogP contribution in [0.5, 0.6) is 0 Å². The Labute approximate surface area is 86.1 Å². The maximum Gasteiger partial charge on any atom is 0.270 e. The highest BCUT2D eigenvalue weighted by molar-refractivity contribution is 7.94. The largest absolute Gasteiger partial charge is 0.398 e. The lowest BCUT2D eigenvalue weighted by Crippen LogP contribution is -2.02. The Hall–Kier alpha value is -1.89. The van der Waals surface area contributed by atoms with E-state index in [1.54, 1.807) is 0 Å². The fourth-order valence-electron chi connectivity index (χ4n) is 0.973. The summed E-state index contributed by atoms with van der Waals surface area (Å²) in [6, 6.07) is 3.22. The summed E-state index contributed by atoms with van der Waals surface area (Å²) in [5.41, 5.74) is 5.03. The lowest BCUT2D eigenvalue weighted by atomic mass is 10.3. The first-order valence-corrected chi connectivity index (χ1v) is 5.34. The van der Waals surface area contributed by atoms with Crippen molar-refractivity contribution in [1.82, 2.24) is 0 Å². The number of nitro groups is 1. The van der Waals surface area contributed by atoms with Gasteiger partial charge in [-0.1, -0.05) is 6.58 Å². The van der Waals surface area contributed by atoms with Crippen molar-refractivity contribution in [2.75, 3.05) is 5.73 Å². The van der Waals surface area contributed by atoms with E-state index < -0.39 is 14.8 Å². The average Bonchev–Trinajstić information content (AvgIpc) is 2.17. The zero-order valence-corrected chi connectivity index (χ0v) is 8.40. The number of nitro benzene ring substituents is 1. The predicted molar refractivity (Wildman–Crippen MR) is 54.9 cm³/mol. The Balaban J connectivity index is 3.48. The molecule has 0 heterocycles. The van der Waals surface area contributed by atoms with E-state index in [1.165, 1.54) is 6.07 Å². The van der Waals surface area contributed by atoms with Crippen LogP contribution in [0.2, 0.25) is 0 Å². The molecule has 0 spiro atoms. The molecule has 0 aliphatic carbocycles. The molecule has 2 N–H and O–H groups in total. The van der Waals surface area contributed by atoms with Gasteiger partial charge in [0.25, 0.3) is 5.69 Å². The number of nitrogens with zero attached hydrogens (tertiary/aromatic N) is 1. The second-order valence-electron chi connectivity index (χ2n) is 2.69. The molecule has 0 fully saturated rings. The van der Waals surface area contributed by atoms with Crippen LogP contribution in [-0.4, -0.2) is 13.3 Å². The van der Waals surface area contributed by atoms with Gasteiger partial charge in [0.2, 0.25) is 9.84 Å². The van der Waals surface area contributed by atoms with Crippen molar-refractivity contribution in [3.8, 4) is 0 Å². The van der Waals surface area contributed by atoms with E-state index in [1.807, 2.05) is 0 Å². The smallest absolute Gasteiger partial charge is 0.270 e. The molecule has 80 valence electrons. The van der Waals surface area contributed by atoms with E-state index in [9.17, 15) is 18.5 Å². The van der Waals surface area contributed by atoms with Crippen LogP contribution in [0.1, 0.15) is 0 Å². The molecule has 0 atom stereocenters. The van der Waals surface area contributed by atoms with Gasteiger partial charge in [-0.05, 0) is 6.07 Å². The summed E-state index contributed by atoms with van der Waals surface area (Å²) in [6.07, 6.45) is 0. The van der Waals surface area contributed by atoms with E-state index in [-0.39, 0.29) is 16.3 Å². The van der Waals surface area contributed by atoms with Crippen LogP contribution in [-0.2, 0) is 9.84 Å². The summed E-state index contributed by atoms with van der Waals surface area (Å²) in [7, 11) is -3.75. The number of anilines is 1. The van der Waals surface area contributed by atoms with E-state index in [4.69, 9.17) is 5.73 Å². The molecule has 6 nitrogen and oxygen atoms in total. The maximum absolute atomic E-state index is 11.4. The molecule has 0 amide bonds. The second-order valence-corrected chi connectivity index (χ2v) is 4.55. The molecule has 1 rings (SSSR count). The first-order valence-electron chi connectivity index (χ1n) is 3.80. The summed E-state index contributed by atoms with van der Waals surface area (Å²) < 4.78 is 22.8. The third kappa shape index (κ3) is 2.13. The van der Waals surface area contributed by atoms with Gasteiger partial charge in [-0.15, -0.1) is 0 Å². The van der Waals surface area contributed by atoms with Gasteiger partial charge in [0, 0.05) is 17.5 Å². The van der Waals surface area contributed by atoms with Crippen LogP contribution in [0.3, 0.4) is 0 Å². The van der Waals surface area contributed by atoms with Crippen LogP contribution < -0.4 is 5.73 Å². The lowest BCUT2D eigenvalue weighted by Gasteiger charge is -2.02. The number of hydrogen-bond donors (Lipinski definition) is 1. The zero-order valence-electron chi connectivity index (χ0n) is 7.58. The molecule has 0 bridgehead atoms. The van der Waals surface area contributed by atoms with Crippen molar-refractivity contribution in [2.45, 2.75) is 4.90 Å². The zero-order chi connectivity index (χ0) is 11.6. The number of benzene rings is 1. The molecule has 0 aliphatic heterocycles. The van der Waals surface area contributed by atoms with Gasteiger partial charge in [-0.25, -0.2) is 8.42 Å². The van der Waals surface area contributed by atoms with Gasteiger partial charge in [-0.2, -0.15) is 0 Å². The van der Waals surface area contributed by atoms with Crippen LogP contribution in [0, 0.1) is 10.1 Å². The topological polar surface area (TPSA) is 103 Å². The van der Waals surface area contributed by atoms with Gasteiger partial charge < -0.3 is 5.73 Å². The van der Waals surface area contributed by atoms with Crippen LogP contribution in [0.4, 0.5) is 11.4 Å². The highest BCUT2D eigenvalue weighted by atomic mass is 32.2. The molecule has 7 heteroatoms. The van der Waals surface area contributed by atoms with E-state index in [0.29, 0.717) is 5.41 Å². The molecule has 0 aliphatic rings. The van der Waals surface area contributed by atoms with E-state index >= 15 is 0 Å². The SMILES string of the molecule is C=CS(=O)(=O)c1cc([N+](=O)[O-])ccc1N. The maximum atomic E-state index is 11.4. The monoisotopic (exact) mass is 228 g/mol. The fraction of sp³-hybridized carbons (Fsp3) is 0. The average molecular weight is 228 g/mol. The standard InChI is InChI=1S/C8H8N2O4S/c1-2-15(13,14)8-5-6(10(11)12)3-4-7(8)9/h2-5H,1,9H2. The van der Waals surface area contributed by atoms with Crippen molar-refractivity contribution in [3.63, 3.8) is 0 Å². The summed E-state index contributed by atoms with van der Waals surface area (Å²) in [4.78, 5) is 9.43. The molecule has 0 aromatic heterocycles. The Morgan fingerprint density at radius 1 is 1.47 bits per heavy atom. The Morgan fingerprint density at radius 3 is 2.53 bits per heavy atom. The Bertz CT molecular complexity index is 521. The number of nitrogen functional groups attached to an aromatic ring is 1. The summed E-state index contributed by atoms with van der Waals surface area (Å²) in [6.45, 7) is 3.11. The fourth-order valence-corrected chi connectivity index (χ4v) is 1.83. The highest BCUT2D eigenvalue weighted by Gasteiger charge is 2.17. The van der Waals surface area contributed by atoms with E-state index in [0.717, 1.165) is 12.1 Å². The quantitative estimate of drug-likeness (QED) is 0.474. The second kappa shape index (κ2) is 3.70. The number of sulfone groups is 1. The molecule has 0 radical (unpaired) electrons. The molecule has 15 heavy (non-hydrogen) atoms. The van der Waals surface area contributed by atoms with Crippen LogP contribution in [0.15, 0.2) is 35.1 Å². The number of rotatable bonds is 3. The summed E-state index contributed by atoms with van der Waals surface area (Å²) in [5.74, 6) is 0. The van der Waals surface area contributed by atoms with Gasteiger partial charge in [0.1, 0.15) is 4.90 Å². The van der Waals surface area contributed by atoms with Crippen LogP contribution >= 0.6 is 0 Å². The first-order chi connectivity index (χ1) is 6.88. The minimum Gasteiger partial charge on any atom is -0.398 e. The Kier molecular flexibility index (Phi) is 2.76. The predicted octanol–water partition coefficient (Wildman–Crippen LogP) is 1.09. The normalized spacial score (nSPS) is 10.9. The third-order valence-corrected chi connectivity index (χ3v) is 3.14. The Morgan fingerprint density at radius 2 is 2.07 bits per heavy atom. The molecule has 0 saturated heterocycles. The minimum absolute atomic E-state index is 0.0412. The summed E-state index contributed by atoms with van der Waals surface area (Å²) in [5, 5.41) is 11.1. The van der Waals surface area contributed by atoms with Crippen molar-refractivity contribution < 1.29 is 13.3 Å². The van der Waals surface area contributed by atoms with Crippen molar-refractivity contribution in [1.29, 1.82) is 0 Å². The van der Waals surface area contributed by atoms with E-state index in [2.05, 4.69) is 6.58 Å². The van der Waals surface area contributed by atoms with Crippen LogP contribution in [0.25, 0.3) is 0 Å². The number of non-ortho nitro benzene ring substituents is 1. The molecular formula is C8H8N2O4S. The van der Waals surface area contributed by atoms with Crippen molar-refractivity contribution >= 4 is 21.2 Å². The number of nitrogens with two attached hydrogens (primary N) is 1. The van der Waals surface area contributed by atoms with Gasteiger partial charge >= 0.3 is 0 Å². The van der Waals surface area contributed by atoms with Crippen molar-refractivity contribution in [3.05, 3.63) is 40.3 Å². The molecule has 1 aromatic carbocycles. The minimum atomic E-state index is -3.75. The highest BCUT2D eigenvalue weighted by Crippen LogP contribution is 2.25. The molecule has 0 saturated carbocycles. The lowest BCUT2D eigenvalue weighted by molar-refractivity contribution is -0.385. The molecule has 1 aromatic rings. The van der Waals surface area contributed by atoms with Gasteiger partial charge in [-0.3, -0.25) is 10.1 Å².